The molecule has 0 radical (unpaired) electrons. The molecule has 0 aliphatic heterocycles. The Kier molecular flexibility index (Phi) is 4.28. The van der Waals surface area contributed by atoms with Crippen LogP contribution in [0.5, 0.6) is 5.75 Å². The summed E-state index contributed by atoms with van der Waals surface area (Å²) in [6.45, 7) is 2.76. The molecular formula is C14H19BrO. The van der Waals surface area contributed by atoms with Crippen molar-refractivity contribution in [2.45, 2.75) is 37.4 Å². The fourth-order valence-corrected chi connectivity index (χ4v) is 2.71. The molecule has 88 valence electrons. The molecule has 0 bridgehead atoms. The zero-order valence-electron chi connectivity index (χ0n) is 9.79. The first-order valence-corrected chi connectivity index (χ1v) is 7.07. The first-order chi connectivity index (χ1) is 7.79. The van der Waals surface area contributed by atoms with Gasteiger partial charge in [0.2, 0.25) is 0 Å². The van der Waals surface area contributed by atoms with Crippen molar-refractivity contribution in [3.8, 4) is 5.75 Å². The summed E-state index contributed by atoms with van der Waals surface area (Å²) < 4.78 is 5.50. The quantitative estimate of drug-likeness (QED) is 0.711. The molecule has 0 amide bonds. The van der Waals surface area contributed by atoms with E-state index in [1.165, 1.54) is 24.8 Å². The van der Waals surface area contributed by atoms with Crippen LogP contribution < -0.4 is 4.74 Å². The number of benzene rings is 1. The average Bonchev–Trinajstić information content (AvgIpc) is 3.11. The maximum Gasteiger partial charge on any atom is 0.119 e. The molecule has 1 fully saturated rings. The van der Waals surface area contributed by atoms with E-state index in [9.17, 15) is 0 Å². The lowest BCUT2D eigenvalue weighted by atomic mass is 10.1. The van der Waals surface area contributed by atoms with Crippen LogP contribution in [0.3, 0.4) is 0 Å². The highest BCUT2D eigenvalue weighted by atomic mass is 79.9. The number of alkyl halides is 1. The summed E-state index contributed by atoms with van der Waals surface area (Å²) in [6.07, 6.45) is 5.21. The van der Waals surface area contributed by atoms with Crippen LogP contribution in [-0.2, 0) is 6.42 Å². The topological polar surface area (TPSA) is 9.23 Å². The van der Waals surface area contributed by atoms with Gasteiger partial charge in [0.15, 0.2) is 0 Å². The highest BCUT2D eigenvalue weighted by Gasteiger charge is 2.28. The van der Waals surface area contributed by atoms with Crippen molar-refractivity contribution in [2.24, 2.45) is 5.92 Å². The van der Waals surface area contributed by atoms with Gasteiger partial charge in [0.05, 0.1) is 6.61 Å². The fourth-order valence-electron chi connectivity index (χ4n) is 1.96. The third-order valence-corrected chi connectivity index (χ3v) is 4.26. The molecule has 1 aliphatic rings. The van der Waals surface area contributed by atoms with Crippen molar-refractivity contribution >= 4 is 15.9 Å². The minimum absolute atomic E-state index is 0.711. The Hall–Kier alpha value is -0.500. The highest BCUT2D eigenvalue weighted by molar-refractivity contribution is 9.09. The number of aryl methyl sites for hydroxylation is 1. The molecule has 0 saturated heterocycles. The number of hydrogen-bond donors (Lipinski definition) is 0. The van der Waals surface area contributed by atoms with Crippen molar-refractivity contribution in [1.82, 2.24) is 0 Å². The van der Waals surface area contributed by atoms with Gasteiger partial charge in [-0.05, 0) is 56.2 Å². The Morgan fingerprint density at radius 1 is 1.44 bits per heavy atom. The van der Waals surface area contributed by atoms with Gasteiger partial charge in [-0.1, -0.05) is 28.1 Å². The third kappa shape index (κ3) is 3.51. The van der Waals surface area contributed by atoms with Gasteiger partial charge in [0.25, 0.3) is 0 Å². The molecule has 1 unspecified atom stereocenters. The van der Waals surface area contributed by atoms with Crippen molar-refractivity contribution in [1.29, 1.82) is 0 Å². The Morgan fingerprint density at radius 3 is 2.94 bits per heavy atom. The van der Waals surface area contributed by atoms with Crippen molar-refractivity contribution in [3.05, 3.63) is 29.8 Å². The lowest BCUT2D eigenvalue weighted by Crippen LogP contribution is -2.02. The average molecular weight is 283 g/mol. The summed E-state index contributed by atoms with van der Waals surface area (Å²) in [5.41, 5.74) is 1.39. The van der Waals surface area contributed by atoms with E-state index in [1.807, 2.05) is 13.0 Å². The normalized spacial score (nSPS) is 17.1. The monoisotopic (exact) mass is 282 g/mol. The van der Waals surface area contributed by atoms with E-state index < -0.39 is 0 Å². The smallest absolute Gasteiger partial charge is 0.119 e. The molecule has 2 heteroatoms. The molecule has 1 atom stereocenters. The zero-order chi connectivity index (χ0) is 11.4. The van der Waals surface area contributed by atoms with Crippen LogP contribution in [0.2, 0.25) is 0 Å². The summed E-state index contributed by atoms with van der Waals surface area (Å²) in [7, 11) is 0. The van der Waals surface area contributed by atoms with Crippen LogP contribution in [0.15, 0.2) is 24.3 Å². The molecule has 16 heavy (non-hydrogen) atoms. The third-order valence-electron chi connectivity index (χ3n) is 3.05. The summed E-state index contributed by atoms with van der Waals surface area (Å²) in [4.78, 5) is 0.711. The van der Waals surface area contributed by atoms with E-state index >= 15 is 0 Å². The number of halogens is 1. The predicted molar refractivity (Wildman–Crippen MR) is 71.4 cm³/mol. The van der Waals surface area contributed by atoms with Gasteiger partial charge in [-0.15, -0.1) is 0 Å². The van der Waals surface area contributed by atoms with Crippen LogP contribution in [0.1, 0.15) is 31.7 Å². The maximum atomic E-state index is 5.50. The van der Waals surface area contributed by atoms with E-state index in [-0.39, 0.29) is 0 Å². The Morgan fingerprint density at radius 2 is 2.25 bits per heavy atom. The largest absolute Gasteiger partial charge is 0.494 e. The lowest BCUT2D eigenvalue weighted by Gasteiger charge is -2.09. The van der Waals surface area contributed by atoms with E-state index in [4.69, 9.17) is 4.74 Å². The van der Waals surface area contributed by atoms with Gasteiger partial charge < -0.3 is 4.74 Å². The van der Waals surface area contributed by atoms with Crippen LogP contribution in [0.25, 0.3) is 0 Å². The molecule has 0 aromatic heterocycles. The van der Waals surface area contributed by atoms with Gasteiger partial charge in [-0.2, -0.15) is 0 Å². The summed E-state index contributed by atoms with van der Waals surface area (Å²) in [5, 5.41) is 0. The SMILES string of the molecule is CCOc1cccc(CCC(Br)C2CC2)c1. The van der Waals surface area contributed by atoms with Gasteiger partial charge in [0, 0.05) is 4.83 Å². The standard InChI is InChI=1S/C14H19BrO/c1-2-16-13-5-3-4-11(10-13)6-9-14(15)12-7-8-12/h3-5,10,12,14H,2,6-9H2,1H3. The fraction of sp³-hybridized carbons (Fsp3) is 0.571. The molecule has 0 spiro atoms. The Balaban J connectivity index is 1.85. The molecule has 1 aromatic rings. The first-order valence-electron chi connectivity index (χ1n) is 6.15. The van der Waals surface area contributed by atoms with E-state index in [0.29, 0.717) is 4.83 Å². The minimum atomic E-state index is 0.711. The van der Waals surface area contributed by atoms with Crippen LogP contribution >= 0.6 is 15.9 Å². The van der Waals surface area contributed by atoms with Crippen molar-refractivity contribution < 1.29 is 4.74 Å². The minimum Gasteiger partial charge on any atom is -0.494 e. The van der Waals surface area contributed by atoms with Gasteiger partial charge >= 0.3 is 0 Å². The van der Waals surface area contributed by atoms with Gasteiger partial charge in [0.1, 0.15) is 5.75 Å². The van der Waals surface area contributed by atoms with Crippen LogP contribution in [-0.4, -0.2) is 11.4 Å². The lowest BCUT2D eigenvalue weighted by molar-refractivity contribution is 0.340. The summed E-state index contributed by atoms with van der Waals surface area (Å²) in [5.74, 6) is 1.94. The van der Waals surface area contributed by atoms with Crippen molar-refractivity contribution in [3.63, 3.8) is 0 Å². The Labute approximate surface area is 106 Å². The molecule has 1 aliphatic carbocycles. The second kappa shape index (κ2) is 5.72. The Bertz CT molecular complexity index is 333. The predicted octanol–water partition coefficient (Wildman–Crippen LogP) is 4.19. The number of rotatable bonds is 6. The van der Waals surface area contributed by atoms with Gasteiger partial charge in [-0.25, -0.2) is 0 Å². The molecule has 0 heterocycles. The number of ether oxygens (including phenoxy) is 1. The van der Waals surface area contributed by atoms with Crippen molar-refractivity contribution in [2.75, 3.05) is 6.61 Å². The molecular weight excluding hydrogens is 264 g/mol. The second-order valence-electron chi connectivity index (χ2n) is 4.47. The van der Waals surface area contributed by atoms with Gasteiger partial charge in [-0.3, -0.25) is 0 Å². The van der Waals surface area contributed by atoms with Crippen LogP contribution in [0.4, 0.5) is 0 Å². The van der Waals surface area contributed by atoms with E-state index in [0.717, 1.165) is 24.7 Å². The highest BCUT2D eigenvalue weighted by Crippen LogP contribution is 2.38. The van der Waals surface area contributed by atoms with E-state index in [2.05, 4.69) is 34.1 Å². The number of hydrogen-bond acceptors (Lipinski definition) is 1. The summed E-state index contributed by atoms with van der Waals surface area (Å²) >= 11 is 3.78. The molecule has 1 aromatic carbocycles. The van der Waals surface area contributed by atoms with Crippen LogP contribution in [0, 0.1) is 5.92 Å². The van der Waals surface area contributed by atoms with E-state index in [1.54, 1.807) is 0 Å². The molecule has 1 nitrogen and oxygen atoms in total. The zero-order valence-corrected chi connectivity index (χ0v) is 11.4. The molecule has 2 rings (SSSR count). The first kappa shape index (κ1) is 12.0. The maximum absolute atomic E-state index is 5.50. The second-order valence-corrected chi connectivity index (χ2v) is 5.65. The molecule has 1 saturated carbocycles. The summed E-state index contributed by atoms with van der Waals surface area (Å²) in [6, 6.07) is 8.46. The molecule has 0 N–H and O–H groups in total.